The van der Waals surface area contributed by atoms with Gasteiger partial charge in [0.2, 0.25) is 0 Å². The minimum Gasteiger partial charge on any atom is -0.497 e. The van der Waals surface area contributed by atoms with Crippen LogP contribution in [0, 0.1) is 0 Å². The lowest BCUT2D eigenvalue weighted by Gasteiger charge is -2.15. The monoisotopic (exact) mass is 432 g/mol. The normalized spacial score (nSPS) is 11.0. The van der Waals surface area contributed by atoms with Crippen molar-refractivity contribution >= 4 is 27.3 Å². The lowest BCUT2D eigenvalue weighted by Crippen LogP contribution is -2.17. The number of rotatable bonds is 7. The minimum absolute atomic E-state index is 0.782. The van der Waals surface area contributed by atoms with Crippen molar-refractivity contribution in [1.82, 2.24) is 9.88 Å². The fraction of sp³-hybridized carbons (Fsp3) is 0.250. The van der Waals surface area contributed by atoms with E-state index in [9.17, 15) is 0 Å². The number of thiazole rings is 1. The molecule has 0 aliphatic carbocycles. The van der Waals surface area contributed by atoms with Crippen LogP contribution in [-0.2, 0) is 13.1 Å². The molecule has 0 atom stereocenters. The zero-order valence-electron chi connectivity index (χ0n) is 15.0. The summed E-state index contributed by atoms with van der Waals surface area (Å²) in [5.74, 6) is 1.72. The lowest BCUT2D eigenvalue weighted by molar-refractivity contribution is 0.315. The molecule has 4 nitrogen and oxygen atoms in total. The van der Waals surface area contributed by atoms with Crippen molar-refractivity contribution in [3.8, 4) is 22.1 Å². The smallest absolute Gasteiger partial charge is 0.129 e. The maximum atomic E-state index is 5.47. The van der Waals surface area contributed by atoms with Crippen LogP contribution in [0.25, 0.3) is 10.6 Å². The number of nitrogens with zero attached hydrogens (tertiary/aromatic N) is 2. The summed E-state index contributed by atoms with van der Waals surface area (Å²) in [4.78, 5) is 7.04. The van der Waals surface area contributed by atoms with Gasteiger partial charge in [0.05, 0.1) is 25.5 Å². The van der Waals surface area contributed by atoms with Crippen LogP contribution in [0.3, 0.4) is 0 Å². The zero-order valence-corrected chi connectivity index (χ0v) is 17.4. The number of halogens is 1. The molecule has 0 fully saturated rings. The Morgan fingerprint density at radius 3 is 2.69 bits per heavy atom. The number of benzene rings is 2. The van der Waals surface area contributed by atoms with E-state index in [2.05, 4.69) is 45.4 Å². The molecule has 0 aliphatic heterocycles. The summed E-state index contributed by atoms with van der Waals surface area (Å²) < 4.78 is 11.8. The average molecular weight is 433 g/mol. The van der Waals surface area contributed by atoms with Crippen molar-refractivity contribution in [3.05, 3.63) is 63.6 Å². The highest BCUT2D eigenvalue weighted by atomic mass is 79.9. The molecule has 6 heteroatoms. The molecule has 2 aromatic carbocycles. The summed E-state index contributed by atoms with van der Waals surface area (Å²) in [5.41, 5.74) is 3.28. The van der Waals surface area contributed by atoms with Gasteiger partial charge in [-0.15, -0.1) is 11.3 Å². The quantitative estimate of drug-likeness (QED) is 0.512. The van der Waals surface area contributed by atoms with Gasteiger partial charge in [-0.3, -0.25) is 4.90 Å². The summed E-state index contributed by atoms with van der Waals surface area (Å²) in [7, 11) is 5.47. The predicted molar refractivity (Wildman–Crippen MR) is 110 cm³/mol. The van der Waals surface area contributed by atoms with Crippen molar-refractivity contribution in [2.24, 2.45) is 0 Å². The van der Waals surface area contributed by atoms with E-state index >= 15 is 0 Å². The Kier molecular flexibility index (Phi) is 6.29. The molecule has 3 aromatic rings. The van der Waals surface area contributed by atoms with Crippen LogP contribution in [0.4, 0.5) is 0 Å². The van der Waals surface area contributed by atoms with Gasteiger partial charge in [0.15, 0.2) is 0 Å². The highest BCUT2D eigenvalue weighted by Gasteiger charge is 2.12. The van der Waals surface area contributed by atoms with Crippen molar-refractivity contribution in [1.29, 1.82) is 0 Å². The Balaban J connectivity index is 1.71. The fourth-order valence-corrected chi connectivity index (χ4v) is 3.96. The van der Waals surface area contributed by atoms with Crippen molar-refractivity contribution in [2.75, 3.05) is 21.3 Å². The summed E-state index contributed by atoms with van der Waals surface area (Å²) in [6.07, 6.45) is 0. The molecule has 0 saturated carbocycles. The van der Waals surface area contributed by atoms with Crippen LogP contribution in [0.5, 0.6) is 11.5 Å². The van der Waals surface area contributed by atoms with Crippen LogP contribution >= 0.6 is 27.3 Å². The van der Waals surface area contributed by atoms with Gasteiger partial charge in [-0.25, -0.2) is 4.98 Å². The number of hydrogen-bond acceptors (Lipinski definition) is 5. The van der Waals surface area contributed by atoms with Gasteiger partial charge in [-0.05, 0) is 42.9 Å². The van der Waals surface area contributed by atoms with Crippen molar-refractivity contribution in [2.45, 2.75) is 13.1 Å². The predicted octanol–water partition coefficient (Wildman–Crippen LogP) is 5.22. The molecule has 0 saturated heterocycles. The first-order valence-electron chi connectivity index (χ1n) is 8.19. The molecule has 1 aromatic heterocycles. The largest absolute Gasteiger partial charge is 0.497 e. The molecule has 0 unspecified atom stereocenters. The number of hydrogen-bond donors (Lipinski definition) is 0. The van der Waals surface area contributed by atoms with E-state index < -0.39 is 0 Å². The standard InChI is InChI=1S/C20H21BrN2O2S/c1-23(11-14-5-4-6-17(9-14)24-2)12-16-13-26-20(22-16)18-10-15(21)7-8-19(18)25-3/h4-10,13H,11-12H2,1-3H3. The van der Waals surface area contributed by atoms with Gasteiger partial charge in [0, 0.05) is 22.9 Å². The SMILES string of the molecule is COc1cccc(CN(C)Cc2csc(-c3cc(Br)ccc3OC)n2)c1. The van der Waals surface area contributed by atoms with E-state index in [1.807, 2.05) is 30.3 Å². The van der Waals surface area contributed by atoms with Gasteiger partial charge in [-0.1, -0.05) is 28.1 Å². The number of aromatic nitrogens is 1. The van der Waals surface area contributed by atoms with E-state index in [4.69, 9.17) is 14.5 Å². The highest BCUT2D eigenvalue weighted by molar-refractivity contribution is 9.10. The summed E-state index contributed by atoms with van der Waals surface area (Å²) >= 11 is 5.16. The highest BCUT2D eigenvalue weighted by Crippen LogP contribution is 2.34. The number of methoxy groups -OCH3 is 2. The first-order chi connectivity index (χ1) is 12.6. The van der Waals surface area contributed by atoms with Gasteiger partial charge < -0.3 is 9.47 Å². The van der Waals surface area contributed by atoms with Crippen molar-refractivity contribution < 1.29 is 9.47 Å². The van der Waals surface area contributed by atoms with E-state index in [1.54, 1.807) is 25.6 Å². The maximum absolute atomic E-state index is 5.47. The van der Waals surface area contributed by atoms with Crippen LogP contribution in [0.1, 0.15) is 11.3 Å². The molecule has 136 valence electrons. The topological polar surface area (TPSA) is 34.6 Å². The average Bonchev–Trinajstić information content (AvgIpc) is 3.10. The molecule has 0 aliphatic rings. The molecule has 0 amide bonds. The first-order valence-corrected chi connectivity index (χ1v) is 9.86. The molecular weight excluding hydrogens is 412 g/mol. The summed E-state index contributed by atoms with van der Waals surface area (Å²) in [6.45, 7) is 1.62. The Bertz CT molecular complexity index is 882. The first kappa shape index (κ1) is 18.9. The van der Waals surface area contributed by atoms with Gasteiger partial charge in [-0.2, -0.15) is 0 Å². The van der Waals surface area contributed by atoms with Crippen LogP contribution in [0.2, 0.25) is 0 Å². The molecular formula is C20H21BrN2O2S. The Morgan fingerprint density at radius 1 is 1.08 bits per heavy atom. The van der Waals surface area contributed by atoms with Crippen molar-refractivity contribution in [3.63, 3.8) is 0 Å². The molecule has 1 heterocycles. The second-order valence-electron chi connectivity index (χ2n) is 6.01. The van der Waals surface area contributed by atoms with Gasteiger partial charge in [0.1, 0.15) is 16.5 Å². The lowest BCUT2D eigenvalue weighted by atomic mass is 10.2. The van der Waals surface area contributed by atoms with Crippen LogP contribution in [0.15, 0.2) is 52.3 Å². The maximum Gasteiger partial charge on any atom is 0.129 e. The third kappa shape index (κ3) is 4.63. The Labute approximate surface area is 166 Å². The molecule has 0 radical (unpaired) electrons. The third-order valence-electron chi connectivity index (χ3n) is 3.96. The molecule has 3 rings (SSSR count). The van der Waals surface area contributed by atoms with Crippen LogP contribution < -0.4 is 9.47 Å². The van der Waals surface area contributed by atoms with E-state index in [1.165, 1.54) is 5.56 Å². The van der Waals surface area contributed by atoms with Gasteiger partial charge in [0.25, 0.3) is 0 Å². The van der Waals surface area contributed by atoms with Gasteiger partial charge >= 0.3 is 0 Å². The molecule has 0 N–H and O–H groups in total. The summed E-state index contributed by atoms with van der Waals surface area (Å²) in [6, 6.07) is 14.1. The summed E-state index contributed by atoms with van der Waals surface area (Å²) in [5, 5.41) is 3.07. The second-order valence-corrected chi connectivity index (χ2v) is 7.79. The minimum atomic E-state index is 0.782. The number of ether oxygens (including phenoxy) is 2. The Morgan fingerprint density at radius 2 is 1.92 bits per heavy atom. The fourth-order valence-electron chi connectivity index (χ4n) is 2.77. The molecule has 0 bridgehead atoms. The van der Waals surface area contributed by atoms with E-state index in [-0.39, 0.29) is 0 Å². The van der Waals surface area contributed by atoms with E-state index in [0.717, 1.165) is 45.3 Å². The zero-order chi connectivity index (χ0) is 18.5. The third-order valence-corrected chi connectivity index (χ3v) is 5.38. The second kappa shape index (κ2) is 8.66. The molecule has 26 heavy (non-hydrogen) atoms. The van der Waals surface area contributed by atoms with Crippen LogP contribution in [-0.4, -0.2) is 31.2 Å². The molecule has 0 spiro atoms. The Hall–Kier alpha value is -1.89. The van der Waals surface area contributed by atoms with E-state index in [0.29, 0.717) is 0 Å².